The van der Waals surface area contributed by atoms with Crippen LogP contribution in [0.15, 0.2) is 48.8 Å². The van der Waals surface area contributed by atoms with Crippen molar-refractivity contribution in [1.29, 1.82) is 0 Å². The van der Waals surface area contributed by atoms with Gasteiger partial charge in [0.1, 0.15) is 5.78 Å². The van der Waals surface area contributed by atoms with Gasteiger partial charge in [0.2, 0.25) is 5.91 Å². The Kier molecular flexibility index (Phi) is 4.60. The molecule has 0 bridgehead atoms. The van der Waals surface area contributed by atoms with Crippen molar-refractivity contribution in [3.05, 3.63) is 59.9 Å². The summed E-state index contributed by atoms with van der Waals surface area (Å²) in [6.07, 6.45) is 4.28. The van der Waals surface area contributed by atoms with Gasteiger partial charge < -0.3 is 5.32 Å². The van der Waals surface area contributed by atoms with Gasteiger partial charge in [0, 0.05) is 18.1 Å². The maximum absolute atomic E-state index is 11.5. The zero-order valence-electron chi connectivity index (χ0n) is 11.3. The normalized spacial score (nSPS) is 10.1. The molecule has 2 aromatic rings. The van der Waals surface area contributed by atoms with E-state index in [4.69, 9.17) is 0 Å². The first-order valence-electron chi connectivity index (χ1n) is 6.40. The van der Waals surface area contributed by atoms with Gasteiger partial charge in [-0.1, -0.05) is 12.1 Å². The monoisotopic (exact) mass is 268 g/mol. The number of carbonyl (C=O) groups is 2. The Morgan fingerprint density at radius 2 is 1.60 bits per heavy atom. The number of benzene rings is 1. The Bertz CT molecular complexity index is 592. The first kappa shape index (κ1) is 13.9. The molecule has 1 aromatic heterocycles. The van der Waals surface area contributed by atoms with Crippen LogP contribution in [0, 0.1) is 0 Å². The fraction of sp³-hybridized carbons (Fsp3) is 0.188. The summed E-state index contributed by atoms with van der Waals surface area (Å²) in [6.45, 7) is 1.40. The van der Waals surface area contributed by atoms with Gasteiger partial charge in [-0.15, -0.1) is 0 Å². The summed E-state index contributed by atoms with van der Waals surface area (Å²) in [7, 11) is 0. The lowest BCUT2D eigenvalue weighted by molar-refractivity contribution is -0.124. The molecule has 0 radical (unpaired) electrons. The van der Waals surface area contributed by atoms with E-state index in [0.29, 0.717) is 5.69 Å². The second-order valence-electron chi connectivity index (χ2n) is 4.66. The first-order valence-corrected chi connectivity index (χ1v) is 6.40. The molecule has 20 heavy (non-hydrogen) atoms. The standard InChI is InChI=1S/C16H16N2O2/c1-12(19)10-16(20)18-15-4-2-13(3-5-15)11-14-6-8-17-9-7-14/h2-9H,10-11H2,1H3,(H,18,20). The maximum Gasteiger partial charge on any atom is 0.231 e. The molecule has 0 aliphatic heterocycles. The number of anilines is 1. The fourth-order valence-electron chi connectivity index (χ4n) is 1.87. The van der Waals surface area contributed by atoms with Crippen LogP contribution in [0.3, 0.4) is 0 Å². The predicted molar refractivity (Wildman–Crippen MR) is 77.4 cm³/mol. The molecule has 1 N–H and O–H groups in total. The van der Waals surface area contributed by atoms with Gasteiger partial charge in [-0.3, -0.25) is 14.6 Å². The van der Waals surface area contributed by atoms with E-state index >= 15 is 0 Å². The van der Waals surface area contributed by atoms with Crippen LogP contribution in [0.4, 0.5) is 5.69 Å². The summed E-state index contributed by atoms with van der Waals surface area (Å²) < 4.78 is 0. The van der Waals surface area contributed by atoms with E-state index < -0.39 is 0 Å². The van der Waals surface area contributed by atoms with Crippen LogP contribution in [0.2, 0.25) is 0 Å². The Morgan fingerprint density at radius 3 is 2.20 bits per heavy atom. The highest BCUT2D eigenvalue weighted by Gasteiger charge is 2.05. The first-order chi connectivity index (χ1) is 9.63. The predicted octanol–water partition coefficient (Wildman–Crippen LogP) is 2.59. The van der Waals surface area contributed by atoms with Crippen molar-refractivity contribution < 1.29 is 9.59 Å². The van der Waals surface area contributed by atoms with Gasteiger partial charge in [0.25, 0.3) is 0 Å². The minimum absolute atomic E-state index is 0.0846. The van der Waals surface area contributed by atoms with Crippen molar-refractivity contribution in [3.63, 3.8) is 0 Å². The van der Waals surface area contributed by atoms with Crippen molar-refractivity contribution >= 4 is 17.4 Å². The van der Waals surface area contributed by atoms with Crippen molar-refractivity contribution in [2.45, 2.75) is 19.8 Å². The molecule has 4 heteroatoms. The van der Waals surface area contributed by atoms with Crippen LogP contribution in [0.1, 0.15) is 24.5 Å². The van der Waals surface area contributed by atoms with Crippen LogP contribution >= 0.6 is 0 Å². The van der Waals surface area contributed by atoms with Crippen molar-refractivity contribution in [1.82, 2.24) is 4.98 Å². The number of ketones is 1. The zero-order valence-corrected chi connectivity index (χ0v) is 11.3. The number of hydrogen-bond acceptors (Lipinski definition) is 3. The van der Waals surface area contributed by atoms with Gasteiger partial charge in [0.05, 0.1) is 6.42 Å². The molecule has 1 amide bonds. The van der Waals surface area contributed by atoms with E-state index in [1.165, 1.54) is 12.5 Å². The van der Waals surface area contributed by atoms with Crippen molar-refractivity contribution in [3.8, 4) is 0 Å². The molecule has 1 aromatic carbocycles. The molecule has 4 nitrogen and oxygen atoms in total. The Morgan fingerprint density at radius 1 is 1.00 bits per heavy atom. The SMILES string of the molecule is CC(=O)CC(=O)Nc1ccc(Cc2ccncc2)cc1. The molecule has 2 rings (SSSR count). The van der Waals surface area contributed by atoms with Gasteiger partial charge in [-0.25, -0.2) is 0 Å². The Hall–Kier alpha value is -2.49. The number of nitrogens with zero attached hydrogens (tertiary/aromatic N) is 1. The molecule has 0 atom stereocenters. The third-order valence-electron chi connectivity index (χ3n) is 2.80. The van der Waals surface area contributed by atoms with Gasteiger partial charge in [-0.05, 0) is 48.7 Å². The molecule has 0 saturated heterocycles. The molecule has 0 saturated carbocycles. The summed E-state index contributed by atoms with van der Waals surface area (Å²) in [6, 6.07) is 11.6. The van der Waals surface area contributed by atoms with Crippen LogP contribution in [0.25, 0.3) is 0 Å². The van der Waals surface area contributed by atoms with Gasteiger partial charge >= 0.3 is 0 Å². The maximum atomic E-state index is 11.5. The molecule has 0 unspecified atom stereocenters. The highest BCUT2D eigenvalue weighted by atomic mass is 16.2. The second-order valence-corrected chi connectivity index (χ2v) is 4.66. The molecule has 0 aliphatic rings. The number of nitrogens with one attached hydrogen (secondary N) is 1. The van der Waals surface area contributed by atoms with Crippen molar-refractivity contribution in [2.75, 3.05) is 5.32 Å². The van der Waals surface area contributed by atoms with E-state index in [1.54, 1.807) is 12.4 Å². The molecule has 0 fully saturated rings. The van der Waals surface area contributed by atoms with E-state index in [0.717, 1.165) is 12.0 Å². The molecule has 0 aliphatic carbocycles. The largest absolute Gasteiger partial charge is 0.326 e. The Labute approximate surface area is 117 Å². The smallest absolute Gasteiger partial charge is 0.231 e. The number of Topliss-reactive ketones (excluding diaryl/α,β-unsaturated/α-hetero) is 1. The van der Waals surface area contributed by atoms with E-state index in [-0.39, 0.29) is 18.1 Å². The summed E-state index contributed by atoms with van der Waals surface area (Å²) in [4.78, 5) is 26.3. The average molecular weight is 268 g/mol. The highest BCUT2D eigenvalue weighted by Crippen LogP contribution is 2.13. The third-order valence-corrected chi connectivity index (χ3v) is 2.80. The van der Waals surface area contributed by atoms with E-state index in [2.05, 4.69) is 10.3 Å². The minimum atomic E-state index is -0.278. The highest BCUT2D eigenvalue weighted by molar-refractivity contribution is 6.03. The minimum Gasteiger partial charge on any atom is -0.326 e. The fourth-order valence-corrected chi connectivity index (χ4v) is 1.87. The van der Waals surface area contributed by atoms with Crippen LogP contribution in [-0.4, -0.2) is 16.7 Å². The molecule has 0 spiro atoms. The van der Waals surface area contributed by atoms with E-state index in [9.17, 15) is 9.59 Å². The quantitative estimate of drug-likeness (QED) is 0.848. The molecule has 1 heterocycles. The lowest BCUT2D eigenvalue weighted by atomic mass is 10.1. The number of rotatable bonds is 5. The second kappa shape index (κ2) is 6.61. The van der Waals surface area contributed by atoms with E-state index in [1.807, 2.05) is 36.4 Å². The number of pyridine rings is 1. The third kappa shape index (κ3) is 4.31. The topological polar surface area (TPSA) is 59.1 Å². The van der Waals surface area contributed by atoms with Gasteiger partial charge in [-0.2, -0.15) is 0 Å². The summed E-state index contributed by atoms with van der Waals surface area (Å²) >= 11 is 0. The summed E-state index contributed by atoms with van der Waals surface area (Å²) in [5, 5.41) is 2.69. The number of amides is 1. The number of aromatic nitrogens is 1. The molecule has 102 valence electrons. The number of hydrogen-bond donors (Lipinski definition) is 1. The lowest BCUT2D eigenvalue weighted by Gasteiger charge is -2.06. The summed E-state index contributed by atoms with van der Waals surface area (Å²) in [5.41, 5.74) is 3.05. The Balaban J connectivity index is 1.96. The molecular formula is C16H16N2O2. The van der Waals surface area contributed by atoms with Crippen LogP contribution in [0.5, 0.6) is 0 Å². The lowest BCUT2D eigenvalue weighted by Crippen LogP contribution is -2.14. The van der Waals surface area contributed by atoms with Crippen LogP contribution < -0.4 is 5.32 Å². The van der Waals surface area contributed by atoms with Gasteiger partial charge in [0.15, 0.2) is 0 Å². The number of carbonyl (C=O) groups excluding carboxylic acids is 2. The van der Waals surface area contributed by atoms with Crippen LogP contribution in [-0.2, 0) is 16.0 Å². The average Bonchev–Trinajstić information content (AvgIpc) is 2.41. The van der Waals surface area contributed by atoms with Crippen molar-refractivity contribution in [2.24, 2.45) is 0 Å². The summed E-state index contributed by atoms with van der Waals surface area (Å²) in [5.74, 6) is -0.420. The molecular weight excluding hydrogens is 252 g/mol. The zero-order chi connectivity index (χ0) is 14.4.